The van der Waals surface area contributed by atoms with Crippen molar-refractivity contribution < 1.29 is 47.5 Å². The monoisotopic (exact) mass is 1420 g/mol. The maximum Gasteiger partial charge on any atom is 0.408 e. The minimum absolute atomic E-state index is 0. The van der Waals surface area contributed by atoms with Crippen molar-refractivity contribution in [3.63, 3.8) is 0 Å². The minimum Gasteiger partial charge on any atom is -0.485 e. The molecule has 2 unspecified atom stereocenters. The smallest absolute Gasteiger partial charge is 0.408 e. The van der Waals surface area contributed by atoms with E-state index in [0.717, 1.165) is 88.9 Å². The summed E-state index contributed by atoms with van der Waals surface area (Å²) in [5.74, 6) is 1.61. The van der Waals surface area contributed by atoms with E-state index >= 15 is 0 Å². The van der Waals surface area contributed by atoms with E-state index in [1.807, 2.05) is 81.8 Å². The predicted octanol–water partition coefficient (Wildman–Crippen LogP) is 11.1. The van der Waals surface area contributed by atoms with E-state index in [4.69, 9.17) is 65.6 Å². The van der Waals surface area contributed by atoms with E-state index in [1.54, 1.807) is 4.68 Å². The van der Waals surface area contributed by atoms with Gasteiger partial charge < -0.3 is 54.4 Å². The highest BCUT2D eigenvalue weighted by atomic mass is 127. The number of piperidine rings is 2. The number of rotatable bonds is 8. The van der Waals surface area contributed by atoms with Crippen LogP contribution in [0.15, 0.2) is 48.5 Å². The van der Waals surface area contributed by atoms with Crippen LogP contribution in [0.5, 0.6) is 11.5 Å². The Kier molecular flexibility index (Phi) is 23.9. The molecule has 2 aromatic carbocycles. The molecule has 4 atom stereocenters. The van der Waals surface area contributed by atoms with Crippen LogP contribution >= 0.6 is 56.8 Å². The fourth-order valence-corrected chi connectivity index (χ4v) is 12.4. The summed E-state index contributed by atoms with van der Waals surface area (Å²) in [5.41, 5.74) is 10.5. The number of anilines is 1. The molecule has 22 nitrogen and oxygen atoms in total. The lowest BCUT2D eigenvalue weighted by atomic mass is 9.82. The molecule has 0 aliphatic carbocycles. The van der Waals surface area contributed by atoms with Crippen molar-refractivity contribution in [2.45, 2.75) is 181 Å². The summed E-state index contributed by atoms with van der Waals surface area (Å²) < 4.78 is 45.4. The lowest BCUT2D eigenvalue weighted by molar-refractivity contribution is -0.143. The van der Waals surface area contributed by atoms with E-state index in [0.29, 0.717) is 78.7 Å². The van der Waals surface area contributed by atoms with E-state index in [2.05, 4.69) is 89.7 Å². The largest absolute Gasteiger partial charge is 0.485 e. The van der Waals surface area contributed by atoms with Crippen LogP contribution in [0.4, 0.5) is 10.6 Å². The summed E-state index contributed by atoms with van der Waals surface area (Å²) in [4.78, 5) is 56.6. The number of aromatic nitrogens is 8. The highest BCUT2D eigenvalue weighted by molar-refractivity contribution is 14.1. The summed E-state index contributed by atoms with van der Waals surface area (Å²) in [6.45, 7) is 18.3. The standard InChI is InChI=1S/C30H37IN6O6.C13H14ClIN4O3.C12H16N2O.C2H6.CH3B.CH4/c1-18(38)41-17-20-26(34-27-23(32-20)25(31)35-37(27)22-11-7-8-16-40-22)36-14-12-30(13-15-36)24(33-28(39)43-29(2,3)4)19-9-5-6-10-21(19)42-30;1-7(20)22-6-8-11(14)17-13-10(16-8)12(15)18-19(13)9-4-2-3-5-21-9;13-11-9-3-1-2-4-10(9)15-12(11)5-7-14-8-6-12;2*1-2;/h5-6,9-10,22,24H,7-8,11-17H2,1-4H3,(H,33,39);9H,2-6H2,1H3;1-4,11,14H,5-8,13H2;1-2H3;1H3;1H4/t22?,24-;;11-;;;/m1.1.../s1. The van der Waals surface area contributed by atoms with Crippen LogP contribution < -0.4 is 30.7 Å². The van der Waals surface area contributed by atoms with Gasteiger partial charge in [-0.25, -0.2) is 34.1 Å². The van der Waals surface area contributed by atoms with Crippen molar-refractivity contribution in [1.29, 1.82) is 0 Å². The molecule has 0 bridgehead atoms. The lowest BCUT2D eigenvalue weighted by Crippen LogP contribution is -2.54. The summed E-state index contributed by atoms with van der Waals surface area (Å²) in [6, 6.07) is 15.6. The third kappa shape index (κ3) is 15.7. The summed E-state index contributed by atoms with van der Waals surface area (Å²) in [7, 11) is 4.50. The molecule has 6 aromatic rings. The Bertz CT molecular complexity index is 3230. The maximum absolute atomic E-state index is 12.9. The first-order valence-electron chi connectivity index (χ1n) is 28.8. The quantitative estimate of drug-likeness (QED) is 0.0554. The molecule has 12 rings (SSSR count). The van der Waals surface area contributed by atoms with Gasteiger partial charge in [0.1, 0.15) is 70.0 Å². The van der Waals surface area contributed by atoms with Gasteiger partial charge in [0.15, 0.2) is 42.1 Å². The van der Waals surface area contributed by atoms with Gasteiger partial charge >= 0.3 is 18.0 Å². The molecule has 460 valence electrons. The number of hydrogen-bond acceptors (Lipinski definition) is 19. The Morgan fingerprint density at radius 1 is 0.741 bits per heavy atom. The Morgan fingerprint density at radius 2 is 1.24 bits per heavy atom. The normalized spacial score (nSPS) is 20.6. The Morgan fingerprint density at radius 3 is 1.75 bits per heavy atom. The van der Waals surface area contributed by atoms with Gasteiger partial charge in [0.05, 0.1) is 13.9 Å². The van der Waals surface area contributed by atoms with Gasteiger partial charge in [-0.15, -0.1) is 0 Å². The number of fused-ring (bicyclic) bond motifs is 4. The maximum atomic E-state index is 12.9. The number of esters is 2. The molecule has 6 aliphatic rings. The van der Waals surface area contributed by atoms with Gasteiger partial charge in [0, 0.05) is 77.0 Å². The number of ether oxygens (including phenoxy) is 7. The molecule has 6 aliphatic heterocycles. The van der Waals surface area contributed by atoms with Crippen LogP contribution in [0.2, 0.25) is 12.0 Å². The van der Waals surface area contributed by atoms with Crippen molar-refractivity contribution in [1.82, 2.24) is 50.1 Å². The highest BCUT2D eigenvalue weighted by Gasteiger charge is 2.52. The minimum atomic E-state index is -0.655. The first kappa shape index (κ1) is 67.3. The molecule has 0 saturated carbocycles. The molecular weight excluding hydrogens is 1340 g/mol. The number of nitrogens with zero attached hydrogens (tertiary/aromatic N) is 9. The molecule has 10 heterocycles. The number of nitrogens with one attached hydrogen (secondary N) is 2. The van der Waals surface area contributed by atoms with Gasteiger partial charge in [0.25, 0.3) is 0 Å². The van der Waals surface area contributed by atoms with Crippen LogP contribution in [0.3, 0.4) is 0 Å². The van der Waals surface area contributed by atoms with E-state index in [9.17, 15) is 14.4 Å². The third-order valence-corrected chi connectivity index (χ3v) is 16.7. The second-order valence-electron chi connectivity index (χ2n) is 21.7. The fraction of sp³-hybridized carbons (Fsp3) is 0.576. The van der Waals surface area contributed by atoms with Crippen molar-refractivity contribution in [3.8, 4) is 11.5 Å². The Hall–Kier alpha value is -5.20. The molecular formula is C59H80BClI2N12O10. The number of carbonyl (C=O) groups excluding carboxylic acids is 3. The molecule has 85 heavy (non-hydrogen) atoms. The zero-order valence-corrected chi connectivity index (χ0v) is 54.1. The number of para-hydroxylation sites is 2. The number of benzene rings is 2. The second-order valence-corrected chi connectivity index (χ2v) is 24.1. The average Bonchev–Trinajstić information content (AvgIpc) is 4.40. The molecule has 2 radical (unpaired) electrons. The number of hydrogen-bond donors (Lipinski definition) is 3. The zero-order chi connectivity index (χ0) is 60.3. The van der Waals surface area contributed by atoms with Gasteiger partial charge in [-0.3, -0.25) is 9.59 Å². The fourth-order valence-electron chi connectivity index (χ4n) is 11.0. The van der Waals surface area contributed by atoms with Crippen LogP contribution in [0, 0.1) is 7.40 Å². The first-order chi connectivity index (χ1) is 40.4. The average molecular weight is 1420 g/mol. The van der Waals surface area contributed by atoms with Crippen LogP contribution in [-0.2, 0) is 46.5 Å². The van der Waals surface area contributed by atoms with E-state index < -0.39 is 17.3 Å². The molecule has 26 heteroatoms. The third-order valence-electron chi connectivity index (χ3n) is 15.0. The molecule has 1 amide bonds. The van der Waals surface area contributed by atoms with Gasteiger partial charge in [0.2, 0.25) is 0 Å². The van der Waals surface area contributed by atoms with Gasteiger partial charge in [-0.05, 0) is 130 Å². The molecule has 2 spiro atoms. The topological polar surface area (TPSA) is 256 Å². The van der Waals surface area contributed by atoms with Crippen LogP contribution in [0.25, 0.3) is 22.3 Å². The SMILES string of the molecule is C.CC.CC(=O)OCc1nc2c(I)nn(C3CCCCO3)c2nc1Cl.CC(=O)OCc1nc2c(I)nn(C3CCCCO3)c2nc1N1CCC2(CC1)Oc1ccccc1[C@H]2NC(=O)OC(C)(C)C.N[C@@H]1c2ccccc2OC12CCNCC2.[B]C. The molecule has 4 saturated heterocycles. The predicted molar refractivity (Wildman–Crippen MR) is 342 cm³/mol. The number of alkyl carbamates (subject to hydrolysis) is 1. The van der Waals surface area contributed by atoms with Crippen molar-refractivity contribution in [2.75, 3.05) is 44.3 Å². The van der Waals surface area contributed by atoms with Gasteiger partial charge in [-0.1, -0.05) is 76.1 Å². The van der Waals surface area contributed by atoms with Crippen molar-refractivity contribution in [2.24, 2.45) is 5.73 Å². The molecule has 4 N–H and O–H groups in total. The Labute approximate surface area is 531 Å². The van der Waals surface area contributed by atoms with Gasteiger partial charge in [-0.2, -0.15) is 10.2 Å². The molecule has 4 fully saturated rings. The van der Waals surface area contributed by atoms with Crippen LogP contribution in [0.1, 0.15) is 167 Å². The van der Waals surface area contributed by atoms with E-state index in [1.165, 1.54) is 26.2 Å². The first-order valence-corrected chi connectivity index (χ1v) is 31.3. The number of halogens is 3. The number of amides is 1. The zero-order valence-electron chi connectivity index (χ0n) is 49.1. The Balaban J connectivity index is 0.000000204. The molecule has 4 aromatic heterocycles. The highest BCUT2D eigenvalue weighted by Crippen LogP contribution is 2.49. The summed E-state index contributed by atoms with van der Waals surface area (Å²) in [6.07, 6.45) is 8.40. The summed E-state index contributed by atoms with van der Waals surface area (Å²) >= 11 is 10.4. The summed E-state index contributed by atoms with van der Waals surface area (Å²) in [5, 5.41) is 15.9. The number of carbonyl (C=O) groups is 3. The lowest BCUT2D eigenvalue weighted by Gasteiger charge is -2.42. The number of nitrogens with two attached hydrogens (primary N) is 1. The van der Waals surface area contributed by atoms with Crippen molar-refractivity contribution in [3.05, 3.63) is 83.6 Å². The van der Waals surface area contributed by atoms with Crippen LogP contribution in [-0.4, -0.2) is 122 Å². The van der Waals surface area contributed by atoms with Crippen molar-refractivity contribution >= 4 is 111 Å². The van der Waals surface area contributed by atoms with E-state index in [-0.39, 0.29) is 67.9 Å². The second kappa shape index (κ2) is 30.1.